The Bertz CT molecular complexity index is 3000. The molecule has 0 N–H and O–H groups in total. The normalized spacial score (nSPS) is 17.7. The minimum absolute atomic E-state index is 0.183. The zero-order chi connectivity index (χ0) is 37.2. The van der Waals surface area contributed by atoms with Crippen LogP contribution in [0.25, 0.3) is 64.0 Å². The zero-order valence-electron chi connectivity index (χ0n) is 31.6. The SMILES string of the molecule is CC1C=CC(N(c2ccccc2-c2cccc3cccc(C4CCCCC4)c23)c2cccc3oc4ccccc4c23)=CC1c1cccc2sc3ccccc3c12. The van der Waals surface area contributed by atoms with Crippen LogP contribution in [0.5, 0.6) is 0 Å². The fourth-order valence-electron chi connectivity index (χ4n) is 9.96. The van der Waals surface area contributed by atoms with E-state index in [1.807, 2.05) is 11.3 Å². The first kappa shape index (κ1) is 33.4. The molecule has 0 aliphatic heterocycles. The molecular weight excluding hydrogens is 699 g/mol. The van der Waals surface area contributed by atoms with E-state index in [0.717, 1.165) is 27.6 Å². The van der Waals surface area contributed by atoms with E-state index in [-0.39, 0.29) is 5.92 Å². The highest BCUT2D eigenvalue weighted by atomic mass is 32.1. The Hall–Kier alpha value is -5.90. The summed E-state index contributed by atoms with van der Waals surface area (Å²) in [4.78, 5) is 2.53. The number of fused-ring (bicyclic) bond motifs is 7. The second-order valence-corrected chi connectivity index (χ2v) is 16.9. The van der Waals surface area contributed by atoms with E-state index in [1.165, 1.54) is 96.7 Å². The van der Waals surface area contributed by atoms with Crippen LogP contribution in [0.2, 0.25) is 0 Å². The van der Waals surface area contributed by atoms with Gasteiger partial charge in [-0.25, -0.2) is 0 Å². The van der Waals surface area contributed by atoms with Gasteiger partial charge >= 0.3 is 0 Å². The number of hydrogen-bond donors (Lipinski definition) is 0. The van der Waals surface area contributed by atoms with Gasteiger partial charge in [0.1, 0.15) is 11.2 Å². The third kappa shape index (κ3) is 5.44. The summed E-state index contributed by atoms with van der Waals surface area (Å²) >= 11 is 1.90. The molecule has 2 heterocycles. The summed E-state index contributed by atoms with van der Waals surface area (Å²) in [6, 6.07) is 53.8. The number of thiophene rings is 1. The van der Waals surface area contributed by atoms with Gasteiger partial charge < -0.3 is 9.32 Å². The molecule has 1 saturated carbocycles. The topological polar surface area (TPSA) is 16.4 Å². The number of hydrogen-bond acceptors (Lipinski definition) is 3. The van der Waals surface area contributed by atoms with Crippen molar-refractivity contribution in [3.63, 3.8) is 0 Å². The van der Waals surface area contributed by atoms with E-state index in [2.05, 4.69) is 176 Å². The predicted octanol–water partition coefficient (Wildman–Crippen LogP) is 15.8. The fourth-order valence-corrected chi connectivity index (χ4v) is 11.1. The molecule has 2 nitrogen and oxygen atoms in total. The number of rotatable bonds is 6. The Morgan fingerprint density at radius 3 is 2.14 bits per heavy atom. The van der Waals surface area contributed by atoms with Crippen LogP contribution in [-0.4, -0.2) is 0 Å². The summed E-state index contributed by atoms with van der Waals surface area (Å²) in [5.41, 5.74) is 10.7. The summed E-state index contributed by atoms with van der Waals surface area (Å²) in [6.07, 6.45) is 13.8. The number of benzene rings is 7. The molecule has 0 amide bonds. The minimum atomic E-state index is 0.183. The lowest BCUT2D eigenvalue weighted by Crippen LogP contribution is -2.21. The van der Waals surface area contributed by atoms with Crippen LogP contribution >= 0.6 is 11.3 Å². The van der Waals surface area contributed by atoms with E-state index in [1.54, 1.807) is 0 Å². The van der Waals surface area contributed by atoms with Gasteiger partial charge in [-0.1, -0.05) is 148 Å². The van der Waals surface area contributed by atoms with Crippen LogP contribution < -0.4 is 4.90 Å². The van der Waals surface area contributed by atoms with Crippen molar-refractivity contribution in [1.82, 2.24) is 0 Å². The van der Waals surface area contributed by atoms with Crippen LogP contribution in [-0.2, 0) is 0 Å². The van der Waals surface area contributed by atoms with Crippen LogP contribution in [0.4, 0.5) is 11.4 Å². The van der Waals surface area contributed by atoms with Crippen molar-refractivity contribution in [1.29, 1.82) is 0 Å². The third-order valence-electron chi connectivity index (χ3n) is 12.6. The molecule has 7 aromatic carbocycles. The first-order valence-corrected chi connectivity index (χ1v) is 21.1. The molecule has 0 saturated heterocycles. The molecule has 3 heteroatoms. The van der Waals surface area contributed by atoms with Crippen LogP contribution in [0.3, 0.4) is 0 Å². The van der Waals surface area contributed by atoms with Gasteiger partial charge in [0.2, 0.25) is 0 Å². The van der Waals surface area contributed by atoms with Gasteiger partial charge in [-0.2, -0.15) is 0 Å². The second-order valence-electron chi connectivity index (χ2n) is 15.8. The van der Waals surface area contributed by atoms with Gasteiger partial charge in [-0.15, -0.1) is 11.3 Å². The monoisotopic (exact) mass is 741 g/mol. The second kappa shape index (κ2) is 13.7. The summed E-state index contributed by atoms with van der Waals surface area (Å²) < 4.78 is 9.24. The van der Waals surface area contributed by atoms with E-state index in [4.69, 9.17) is 4.42 Å². The van der Waals surface area contributed by atoms with Gasteiger partial charge in [-0.05, 0) is 94.6 Å². The summed E-state index contributed by atoms with van der Waals surface area (Å²) in [7, 11) is 0. The van der Waals surface area contributed by atoms with Crippen LogP contribution in [0.1, 0.15) is 62.0 Å². The molecule has 272 valence electrons. The van der Waals surface area contributed by atoms with Crippen molar-refractivity contribution in [2.45, 2.75) is 50.9 Å². The Morgan fingerprint density at radius 1 is 0.554 bits per heavy atom. The number of nitrogens with zero attached hydrogens (tertiary/aromatic N) is 1. The maximum atomic E-state index is 6.55. The molecule has 2 unspecified atom stereocenters. The van der Waals surface area contributed by atoms with Crippen LogP contribution in [0.15, 0.2) is 174 Å². The molecule has 0 spiro atoms. The summed E-state index contributed by atoms with van der Waals surface area (Å²) in [5, 5.41) is 7.71. The highest BCUT2D eigenvalue weighted by molar-refractivity contribution is 7.25. The quantitative estimate of drug-likeness (QED) is 0.169. The third-order valence-corrected chi connectivity index (χ3v) is 13.7. The predicted molar refractivity (Wildman–Crippen MR) is 240 cm³/mol. The van der Waals surface area contributed by atoms with E-state index in [9.17, 15) is 0 Å². The molecular formula is C53H43NOS. The molecule has 2 atom stereocenters. The number of furan rings is 1. The molecule has 2 aromatic heterocycles. The fraction of sp³-hybridized carbons (Fsp3) is 0.170. The Morgan fingerprint density at radius 2 is 1.23 bits per heavy atom. The molecule has 2 aliphatic carbocycles. The van der Waals surface area contributed by atoms with Gasteiger partial charge in [0.25, 0.3) is 0 Å². The van der Waals surface area contributed by atoms with Gasteiger partial charge in [0.15, 0.2) is 0 Å². The Kier molecular flexibility index (Phi) is 8.17. The van der Waals surface area contributed by atoms with E-state index in [0.29, 0.717) is 11.8 Å². The average Bonchev–Trinajstić information content (AvgIpc) is 3.84. The zero-order valence-corrected chi connectivity index (χ0v) is 32.4. The van der Waals surface area contributed by atoms with Crippen molar-refractivity contribution in [3.8, 4) is 11.1 Å². The first-order chi connectivity index (χ1) is 27.7. The summed E-state index contributed by atoms with van der Waals surface area (Å²) in [5.74, 6) is 1.09. The van der Waals surface area contributed by atoms with Gasteiger partial charge in [0, 0.05) is 42.7 Å². The number of anilines is 2. The van der Waals surface area contributed by atoms with E-state index < -0.39 is 0 Å². The Labute approximate surface area is 332 Å². The maximum absolute atomic E-state index is 6.55. The highest BCUT2D eigenvalue weighted by Gasteiger charge is 2.29. The van der Waals surface area contributed by atoms with Crippen molar-refractivity contribution in [3.05, 3.63) is 181 Å². The molecule has 0 bridgehead atoms. The smallest absolute Gasteiger partial charge is 0.137 e. The Balaban J connectivity index is 1.17. The number of para-hydroxylation sites is 2. The average molecular weight is 742 g/mol. The lowest BCUT2D eigenvalue weighted by atomic mass is 9.80. The van der Waals surface area contributed by atoms with Crippen molar-refractivity contribution in [2.24, 2.45) is 5.92 Å². The summed E-state index contributed by atoms with van der Waals surface area (Å²) in [6.45, 7) is 2.37. The largest absolute Gasteiger partial charge is 0.456 e. The van der Waals surface area contributed by atoms with Crippen LogP contribution in [0, 0.1) is 5.92 Å². The standard InChI is InChI=1S/C53H43NOS/c1-34-31-32-37(33-44(34)41-24-13-30-50-52(41)43-21-7-10-29-49(43)56-50)54(46-26-14-28-48-53(46)42-20-6-9-27-47(42)55-48)45-25-8-5-19-39(45)40-23-12-18-36-17-11-22-38(51(36)40)35-15-3-2-4-16-35/h5-14,17-35,44H,2-4,15-16H2,1H3. The van der Waals surface area contributed by atoms with Gasteiger partial charge in [0.05, 0.1) is 16.8 Å². The molecule has 2 aliphatic rings. The van der Waals surface area contributed by atoms with Crippen molar-refractivity contribution < 1.29 is 4.42 Å². The van der Waals surface area contributed by atoms with E-state index >= 15 is 0 Å². The lowest BCUT2D eigenvalue weighted by molar-refractivity contribution is 0.445. The molecule has 11 rings (SSSR count). The van der Waals surface area contributed by atoms with Crippen molar-refractivity contribution in [2.75, 3.05) is 4.90 Å². The molecule has 9 aromatic rings. The maximum Gasteiger partial charge on any atom is 0.137 e. The highest BCUT2D eigenvalue weighted by Crippen LogP contribution is 2.49. The molecule has 56 heavy (non-hydrogen) atoms. The molecule has 0 radical (unpaired) electrons. The first-order valence-electron chi connectivity index (χ1n) is 20.3. The number of allylic oxidation sites excluding steroid dienone is 3. The lowest BCUT2D eigenvalue weighted by Gasteiger charge is -2.34. The van der Waals surface area contributed by atoms with Gasteiger partial charge in [-0.3, -0.25) is 0 Å². The van der Waals surface area contributed by atoms with Crippen molar-refractivity contribution >= 4 is 75.6 Å². The minimum Gasteiger partial charge on any atom is -0.456 e. The molecule has 1 fully saturated rings.